The van der Waals surface area contributed by atoms with Gasteiger partial charge >= 0.3 is 5.97 Å². The Hall–Kier alpha value is -8.18. The molecule has 2 aromatic carbocycles. The van der Waals surface area contributed by atoms with Crippen molar-refractivity contribution < 1.29 is 62.1 Å². The maximum Gasteiger partial charge on any atom is 0.343 e. The monoisotopic (exact) mass is 1050 g/mol. The highest BCUT2D eigenvalue weighted by molar-refractivity contribution is 6.12. The lowest BCUT2D eigenvalue weighted by Crippen LogP contribution is -2.59. The summed E-state index contributed by atoms with van der Waals surface area (Å²) in [5, 5.41) is 24.6. The Morgan fingerprint density at radius 3 is 2.33 bits per heavy atom. The number of ether oxygens (including phenoxy) is 2. The summed E-state index contributed by atoms with van der Waals surface area (Å²) in [6, 6.07) is 10.0. The number of aliphatic hydroxyl groups is 1. The topological polar surface area (TPSA) is 294 Å². The van der Waals surface area contributed by atoms with Crippen LogP contribution in [0.2, 0.25) is 0 Å². The van der Waals surface area contributed by atoms with Gasteiger partial charge in [0.1, 0.15) is 25.2 Å². The number of aromatic nitrogens is 2. The number of carbonyl (C=O) groups is 9. The van der Waals surface area contributed by atoms with Crippen molar-refractivity contribution >= 4 is 64.1 Å². The van der Waals surface area contributed by atoms with Gasteiger partial charge in [0.2, 0.25) is 29.5 Å². The molecule has 398 valence electrons. The number of likely N-dealkylation sites (tertiary alicyclic amines) is 1. The highest BCUT2D eigenvalue weighted by Crippen LogP contribution is 2.48. The Kier molecular flexibility index (Phi) is 15.2. The average molecular weight is 1050 g/mol. The van der Waals surface area contributed by atoms with Gasteiger partial charge in [0.05, 0.1) is 61.2 Å². The number of carbonyl (C=O) groups excluding carboxylic acids is 9. The van der Waals surface area contributed by atoms with Crippen molar-refractivity contribution in [3.05, 3.63) is 110 Å². The van der Waals surface area contributed by atoms with Crippen LogP contribution in [0.4, 0.5) is 4.39 Å². The number of cyclic esters (lactones) is 1. The third-order valence-electron chi connectivity index (χ3n) is 14.6. The van der Waals surface area contributed by atoms with Crippen molar-refractivity contribution in [2.75, 3.05) is 39.5 Å². The van der Waals surface area contributed by atoms with E-state index in [1.807, 2.05) is 0 Å². The van der Waals surface area contributed by atoms with Crippen molar-refractivity contribution in [2.45, 2.75) is 102 Å². The molecule has 2 aromatic heterocycles. The number of benzene rings is 2. The van der Waals surface area contributed by atoms with Gasteiger partial charge in [-0.15, -0.1) is 0 Å². The largest absolute Gasteiger partial charge is 0.458 e. The Morgan fingerprint density at radius 1 is 0.882 bits per heavy atom. The third-order valence-corrected chi connectivity index (χ3v) is 14.6. The molecule has 22 nitrogen and oxygen atoms in total. The van der Waals surface area contributed by atoms with E-state index in [1.165, 1.54) is 22.8 Å². The fraction of sp³-hybridized carbons (Fsp3) is 0.415. The van der Waals surface area contributed by atoms with E-state index < -0.39 is 90.3 Å². The van der Waals surface area contributed by atoms with Crippen LogP contribution in [0, 0.1) is 12.7 Å². The molecule has 4 aromatic rings. The average Bonchev–Trinajstić information content (AvgIpc) is 4.11. The summed E-state index contributed by atoms with van der Waals surface area (Å²) in [5.74, 6) is -5.54. The Bertz CT molecular complexity index is 3180. The molecule has 76 heavy (non-hydrogen) atoms. The van der Waals surface area contributed by atoms with Crippen LogP contribution in [-0.2, 0) is 84.2 Å². The normalized spacial score (nSPS) is 19.3. The quantitative estimate of drug-likeness (QED) is 0.0191. The van der Waals surface area contributed by atoms with Crippen molar-refractivity contribution in [3.8, 4) is 11.4 Å². The van der Waals surface area contributed by atoms with E-state index in [4.69, 9.17) is 14.5 Å². The Labute approximate surface area is 433 Å². The van der Waals surface area contributed by atoms with E-state index in [2.05, 4.69) is 26.6 Å². The molecule has 0 spiro atoms. The molecular weight excluding hydrogens is 990 g/mol. The fourth-order valence-electron chi connectivity index (χ4n) is 10.4. The first kappa shape index (κ1) is 52.7. The van der Waals surface area contributed by atoms with Crippen LogP contribution in [0.25, 0.3) is 22.3 Å². The maximum absolute atomic E-state index is 15.4. The number of pyridine rings is 2. The molecule has 0 radical (unpaired) electrons. The van der Waals surface area contributed by atoms with Crippen LogP contribution in [0.3, 0.4) is 0 Å². The van der Waals surface area contributed by atoms with Crippen molar-refractivity contribution in [1.82, 2.24) is 45.9 Å². The fourth-order valence-corrected chi connectivity index (χ4v) is 10.4. The molecule has 0 saturated carbocycles. The van der Waals surface area contributed by atoms with E-state index in [1.54, 1.807) is 55.1 Å². The molecule has 1 saturated heterocycles. The van der Waals surface area contributed by atoms with E-state index >= 15 is 4.39 Å². The predicted molar refractivity (Wildman–Crippen MR) is 265 cm³/mol. The molecule has 9 rings (SSSR count). The minimum atomic E-state index is -2.05. The van der Waals surface area contributed by atoms with E-state index in [-0.39, 0.29) is 81.1 Å². The first-order valence-corrected chi connectivity index (χ1v) is 25.2. The van der Waals surface area contributed by atoms with Gasteiger partial charge in [0.25, 0.3) is 23.3 Å². The van der Waals surface area contributed by atoms with Crippen LogP contribution >= 0.6 is 0 Å². The SMILES string of the molecule is CC[C@@]1(O)C(=O)OCc2c1cc1n(c2=O)Cc2c-1nc1cc(F)c(C)c3c1c2[C@@H](N1CC(OCNC(=O)CNC(=O)[C@H](Cc2ccccc2)NC(=O)CNC(=O)CNC(=O)CCCCCN2C(=O)C=CC2=O)C1=O)CC3. The molecule has 4 aliphatic heterocycles. The van der Waals surface area contributed by atoms with Crippen LogP contribution < -0.4 is 32.1 Å². The summed E-state index contributed by atoms with van der Waals surface area (Å²) in [7, 11) is 0. The molecule has 1 fully saturated rings. The minimum Gasteiger partial charge on any atom is -0.458 e. The summed E-state index contributed by atoms with van der Waals surface area (Å²) in [5.41, 5.74) is 2.12. The molecule has 6 N–H and O–H groups in total. The maximum atomic E-state index is 15.4. The van der Waals surface area contributed by atoms with Gasteiger partial charge in [-0.25, -0.2) is 14.2 Å². The first-order chi connectivity index (χ1) is 36.5. The highest BCUT2D eigenvalue weighted by Gasteiger charge is 2.48. The summed E-state index contributed by atoms with van der Waals surface area (Å²) in [6.07, 6.45) is 4.00. The van der Waals surface area contributed by atoms with Crippen LogP contribution in [0.15, 0.2) is 59.4 Å². The highest BCUT2D eigenvalue weighted by atomic mass is 19.1. The van der Waals surface area contributed by atoms with Gasteiger partial charge in [-0.3, -0.25) is 48.1 Å². The summed E-state index contributed by atoms with van der Waals surface area (Å²) >= 11 is 0. The number of esters is 1. The van der Waals surface area contributed by atoms with Crippen molar-refractivity contribution in [1.29, 1.82) is 0 Å². The number of nitrogens with one attached hydrogen (secondary N) is 5. The zero-order valence-electron chi connectivity index (χ0n) is 41.8. The number of rotatable bonds is 21. The molecule has 5 aliphatic rings. The molecular formula is C53H56FN9O13. The third kappa shape index (κ3) is 10.4. The molecule has 6 heterocycles. The molecule has 1 unspecified atom stereocenters. The number of hydrogen-bond donors (Lipinski definition) is 6. The standard InChI is InChI=1S/C53H56FN9O13/c1-3-53(74)33-19-38-48-31(24-62(38)50(71)32(33)26-75-52(53)73)47-37(14-13-30-28(2)34(54)20-35(60-48)46(30)47)63-25-39(51(63)72)76-27-58-42(66)22-57-49(70)36(18-29-10-6-4-7-11-29)59-43(67)23-56-41(65)21-55-40(64)12-8-5-9-17-61-44(68)15-16-45(61)69/h4,6-7,10-11,15-16,19-20,36-37,39,74H,3,5,8-9,12-14,17-18,21-27H2,1-2H3,(H,55,64)(H,56,65)(H,57,70)(H,58,66)(H,59,67)/t36-,37-,39?,53-/m0/s1. The zero-order chi connectivity index (χ0) is 54.0. The number of hydrogen-bond acceptors (Lipinski definition) is 14. The number of fused-ring (bicyclic) bond motifs is 5. The molecule has 8 amide bonds. The molecule has 4 atom stereocenters. The number of nitrogens with zero attached hydrogens (tertiary/aromatic N) is 4. The van der Waals surface area contributed by atoms with Crippen LogP contribution in [0.5, 0.6) is 0 Å². The lowest BCUT2D eigenvalue weighted by Gasteiger charge is -2.45. The summed E-state index contributed by atoms with van der Waals surface area (Å²) in [6.45, 7) is 1.63. The second-order valence-electron chi connectivity index (χ2n) is 19.3. The van der Waals surface area contributed by atoms with Crippen molar-refractivity contribution in [3.63, 3.8) is 0 Å². The van der Waals surface area contributed by atoms with Gasteiger partial charge < -0.3 is 50.6 Å². The Morgan fingerprint density at radius 2 is 1.59 bits per heavy atom. The van der Waals surface area contributed by atoms with Crippen LogP contribution in [0.1, 0.15) is 90.4 Å². The van der Waals surface area contributed by atoms with Crippen molar-refractivity contribution in [2.24, 2.45) is 0 Å². The summed E-state index contributed by atoms with van der Waals surface area (Å²) < 4.78 is 28.0. The minimum absolute atomic E-state index is 0.0417. The first-order valence-electron chi connectivity index (χ1n) is 25.2. The number of β-lactam (4-membered cyclic amide) rings is 1. The van der Waals surface area contributed by atoms with Crippen LogP contribution in [-0.4, -0.2) is 129 Å². The number of unbranched alkanes of at least 4 members (excludes halogenated alkanes) is 2. The molecule has 1 aliphatic carbocycles. The lowest BCUT2D eigenvalue weighted by atomic mass is 9.80. The van der Waals surface area contributed by atoms with E-state index in [9.17, 15) is 53.1 Å². The van der Waals surface area contributed by atoms with Gasteiger partial charge in [-0.2, -0.15) is 0 Å². The number of imide groups is 1. The van der Waals surface area contributed by atoms with Gasteiger partial charge in [0.15, 0.2) is 11.7 Å². The van der Waals surface area contributed by atoms with E-state index in [0.717, 1.165) is 16.0 Å². The lowest BCUT2D eigenvalue weighted by molar-refractivity contribution is -0.172. The van der Waals surface area contributed by atoms with Gasteiger partial charge in [-0.1, -0.05) is 43.7 Å². The van der Waals surface area contributed by atoms with E-state index in [0.29, 0.717) is 71.1 Å². The van der Waals surface area contributed by atoms with Gasteiger partial charge in [-0.05, 0) is 67.3 Å². The number of halogens is 1. The molecule has 0 bridgehead atoms. The number of amides is 8. The molecule has 23 heteroatoms. The smallest absolute Gasteiger partial charge is 0.343 e. The Balaban J connectivity index is 0.758. The number of aryl methyl sites for hydroxylation is 1. The predicted octanol–water partition coefficient (Wildman–Crippen LogP) is 0.377. The second-order valence-corrected chi connectivity index (χ2v) is 19.3. The van der Waals surface area contributed by atoms with Gasteiger partial charge in [0, 0.05) is 54.1 Å². The zero-order valence-corrected chi connectivity index (χ0v) is 41.8. The summed E-state index contributed by atoms with van der Waals surface area (Å²) in [4.78, 5) is 136. The second kappa shape index (κ2) is 22.0.